The third kappa shape index (κ3) is 3.09. The molecule has 0 N–H and O–H groups in total. The molecule has 0 aromatic heterocycles. The number of imide groups is 1. The van der Waals surface area contributed by atoms with Crippen molar-refractivity contribution in [2.45, 2.75) is 43.3 Å². The van der Waals surface area contributed by atoms with Crippen molar-refractivity contribution in [2.24, 2.45) is 0 Å². The van der Waals surface area contributed by atoms with Gasteiger partial charge in [-0.15, -0.1) is 0 Å². The van der Waals surface area contributed by atoms with E-state index in [1.54, 1.807) is 24.3 Å². The predicted molar refractivity (Wildman–Crippen MR) is 108 cm³/mol. The Balaban J connectivity index is 1.38. The van der Waals surface area contributed by atoms with Gasteiger partial charge in [-0.05, 0) is 42.4 Å². The summed E-state index contributed by atoms with van der Waals surface area (Å²) in [7, 11) is 0. The maximum absolute atomic E-state index is 12.8. The first-order valence-electron chi connectivity index (χ1n) is 10.4. The minimum absolute atomic E-state index is 0.0862. The quantitative estimate of drug-likeness (QED) is 0.741. The van der Waals surface area contributed by atoms with Gasteiger partial charge in [0.2, 0.25) is 0 Å². The molecule has 5 nitrogen and oxygen atoms in total. The van der Waals surface area contributed by atoms with Crippen LogP contribution in [0.1, 0.15) is 58.4 Å². The molecule has 1 saturated heterocycles. The number of carbonyl (C=O) groups is 2. The topological polar surface area (TPSA) is 55.8 Å². The average molecular weight is 391 g/mol. The van der Waals surface area contributed by atoms with Gasteiger partial charge in [0.25, 0.3) is 11.8 Å². The second kappa shape index (κ2) is 7.08. The zero-order valence-electron chi connectivity index (χ0n) is 16.4. The molecule has 150 valence electrons. The van der Waals surface area contributed by atoms with Crippen LogP contribution >= 0.6 is 0 Å². The molecule has 2 aromatic carbocycles. The summed E-state index contributed by atoms with van der Waals surface area (Å²) in [6.45, 7) is 1.75. The van der Waals surface area contributed by atoms with E-state index < -0.39 is 5.79 Å². The Morgan fingerprint density at radius 2 is 1.31 bits per heavy atom. The largest absolute Gasteiger partial charge is 0.348 e. The van der Waals surface area contributed by atoms with Gasteiger partial charge in [0.1, 0.15) is 0 Å². The molecule has 2 fully saturated rings. The van der Waals surface area contributed by atoms with E-state index in [9.17, 15) is 9.59 Å². The van der Waals surface area contributed by atoms with Gasteiger partial charge in [-0.25, -0.2) is 0 Å². The second-order valence-electron chi connectivity index (χ2n) is 8.31. The Kier molecular flexibility index (Phi) is 4.52. The number of hydrogen-bond donors (Lipinski definition) is 0. The fourth-order valence-electron chi connectivity index (χ4n) is 5.14. The summed E-state index contributed by atoms with van der Waals surface area (Å²) < 4.78 is 11.8. The van der Waals surface area contributed by atoms with Crippen LogP contribution in [-0.4, -0.2) is 42.3 Å². The van der Waals surface area contributed by atoms with Crippen molar-refractivity contribution in [3.63, 3.8) is 0 Å². The van der Waals surface area contributed by atoms with Gasteiger partial charge in [0, 0.05) is 19.4 Å². The third-order valence-electron chi connectivity index (χ3n) is 6.86. The molecule has 3 aliphatic rings. The first-order chi connectivity index (χ1) is 14.1. The monoisotopic (exact) mass is 391 g/mol. The first-order valence-corrected chi connectivity index (χ1v) is 10.4. The minimum atomic E-state index is -0.437. The number of amides is 2. The van der Waals surface area contributed by atoms with E-state index in [0.29, 0.717) is 30.9 Å². The van der Waals surface area contributed by atoms with Crippen molar-refractivity contribution in [2.75, 3.05) is 19.8 Å². The predicted octanol–water partition coefficient (Wildman–Crippen LogP) is 3.93. The second-order valence-corrected chi connectivity index (χ2v) is 8.31. The van der Waals surface area contributed by atoms with E-state index in [0.717, 1.165) is 32.1 Å². The molecule has 5 heteroatoms. The summed E-state index contributed by atoms with van der Waals surface area (Å²) in [5, 5.41) is 0. The Morgan fingerprint density at radius 3 is 1.90 bits per heavy atom. The number of nitrogens with zero attached hydrogens (tertiary/aromatic N) is 1. The fourth-order valence-corrected chi connectivity index (χ4v) is 5.14. The molecule has 2 heterocycles. The lowest BCUT2D eigenvalue weighted by molar-refractivity contribution is -0.185. The molecule has 2 amide bonds. The molecule has 1 saturated carbocycles. The Labute approximate surface area is 170 Å². The van der Waals surface area contributed by atoms with Crippen LogP contribution in [0.2, 0.25) is 0 Å². The molecule has 1 aliphatic carbocycles. The molecule has 0 bridgehead atoms. The third-order valence-corrected chi connectivity index (χ3v) is 6.86. The molecule has 2 aromatic rings. The Bertz CT molecular complexity index is 888. The highest BCUT2D eigenvalue weighted by Crippen LogP contribution is 2.48. The van der Waals surface area contributed by atoms with Gasteiger partial charge in [-0.2, -0.15) is 0 Å². The number of ether oxygens (including phenoxy) is 2. The maximum Gasteiger partial charge on any atom is 0.261 e. The van der Waals surface area contributed by atoms with Crippen LogP contribution in [-0.2, 0) is 14.9 Å². The lowest BCUT2D eigenvalue weighted by Gasteiger charge is -2.44. The summed E-state index contributed by atoms with van der Waals surface area (Å²) >= 11 is 0. The maximum atomic E-state index is 12.8. The van der Waals surface area contributed by atoms with E-state index in [2.05, 4.69) is 24.3 Å². The SMILES string of the molecule is O=C1c2ccccc2C(=O)N1CCC1(c2ccccc2)CCC2(CC1)OCCO2. The fraction of sp³-hybridized carbons (Fsp3) is 0.417. The molecule has 0 unspecified atom stereocenters. The van der Waals surface area contributed by atoms with Crippen molar-refractivity contribution in [3.8, 4) is 0 Å². The first kappa shape index (κ1) is 18.5. The van der Waals surface area contributed by atoms with Gasteiger partial charge >= 0.3 is 0 Å². The van der Waals surface area contributed by atoms with Crippen LogP contribution in [0.3, 0.4) is 0 Å². The number of carbonyl (C=O) groups excluding carboxylic acids is 2. The molecule has 0 atom stereocenters. The van der Waals surface area contributed by atoms with Crippen molar-refractivity contribution in [1.82, 2.24) is 4.90 Å². The van der Waals surface area contributed by atoms with Crippen molar-refractivity contribution < 1.29 is 19.1 Å². The molecule has 2 aliphatic heterocycles. The summed E-state index contributed by atoms with van der Waals surface area (Å²) in [5.74, 6) is -0.791. The van der Waals surface area contributed by atoms with Crippen LogP contribution in [0.4, 0.5) is 0 Å². The van der Waals surface area contributed by atoms with Crippen molar-refractivity contribution >= 4 is 11.8 Å². The highest BCUT2D eigenvalue weighted by molar-refractivity contribution is 6.21. The smallest absolute Gasteiger partial charge is 0.261 e. The molecule has 1 spiro atoms. The number of rotatable bonds is 4. The lowest BCUT2D eigenvalue weighted by atomic mass is 9.66. The van der Waals surface area contributed by atoms with Crippen LogP contribution in [0.25, 0.3) is 0 Å². The van der Waals surface area contributed by atoms with E-state index in [1.165, 1.54) is 10.5 Å². The summed E-state index contributed by atoms with van der Waals surface area (Å²) in [4.78, 5) is 27.0. The van der Waals surface area contributed by atoms with Crippen LogP contribution in [0.5, 0.6) is 0 Å². The number of hydrogen-bond acceptors (Lipinski definition) is 4. The van der Waals surface area contributed by atoms with Crippen LogP contribution in [0, 0.1) is 0 Å². The normalized spacial score (nSPS) is 22.3. The van der Waals surface area contributed by atoms with Gasteiger partial charge < -0.3 is 9.47 Å². The molecule has 29 heavy (non-hydrogen) atoms. The van der Waals surface area contributed by atoms with E-state index in [1.807, 2.05) is 6.07 Å². The van der Waals surface area contributed by atoms with Gasteiger partial charge in [0.05, 0.1) is 24.3 Å². The zero-order chi connectivity index (χ0) is 19.9. The summed E-state index contributed by atoms with van der Waals surface area (Å²) in [5.41, 5.74) is 2.21. The number of benzene rings is 2. The Morgan fingerprint density at radius 1 is 0.759 bits per heavy atom. The van der Waals surface area contributed by atoms with Crippen molar-refractivity contribution in [3.05, 3.63) is 71.3 Å². The summed E-state index contributed by atoms with van der Waals surface area (Å²) in [6, 6.07) is 17.6. The highest BCUT2D eigenvalue weighted by atomic mass is 16.7. The standard InChI is InChI=1S/C24H25NO4/c26-21-19-8-4-5-9-20(19)22(27)25(21)15-14-23(18-6-2-1-3-7-18)10-12-24(13-11-23)28-16-17-29-24/h1-9H,10-17H2. The van der Waals surface area contributed by atoms with Gasteiger partial charge in [-0.1, -0.05) is 42.5 Å². The average Bonchev–Trinajstić information content (AvgIpc) is 3.33. The minimum Gasteiger partial charge on any atom is -0.348 e. The van der Waals surface area contributed by atoms with Crippen molar-refractivity contribution in [1.29, 1.82) is 0 Å². The van der Waals surface area contributed by atoms with E-state index in [4.69, 9.17) is 9.47 Å². The molecular formula is C24H25NO4. The van der Waals surface area contributed by atoms with Crippen LogP contribution in [0.15, 0.2) is 54.6 Å². The van der Waals surface area contributed by atoms with Gasteiger partial charge in [0.15, 0.2) is 5.79 Å². The van der Waals surface area contributed by atoms with E-state index in [-0.39, 0.29) is 17.2 Å². The van der Waals surface area contributed by atoms with Gasteiger partial charge in [-0.3, -0.25) is 14.5 Å². The molecular weight excluding hydrogens is 366 g/mol. The summed E-state index contributed by atoms with van der Waals surface area (Å²) in [6.07, 6.45) is 4.26. The van der Waals surface area contributed by atoms with E-state index >= 15 is 0 Å². The number of fused-ring (bicyclic) bond motifs is 1. The molecule has 5 rings (SSSR count). The zero-order valence-corrected chi connectivity index (χ0v) is 16.4. The lowest BCUT2D eigenvalue weighted by Crippen LogP contribution is -2.44. The molecule has 0 radical (unpaired) electrons. The highest BCUT2D eigenvalue weighted by Gasteiger charge is 2.47. The Hall–Kier alpha value is -2.50. The van der Waals surface area contributed by atoms with Crippen LogP contribution < -0.4 is 0 Å².